The minimum Gasteiger partial charge on any atom is -0.307 e. The lowest BCUT2D eigenvalue weighted by Gasteiger charge is -2.16. The summed E-state index contributed by atoms with van der Waals surface area (Å²) in [5, 5.41) is 2.79. The second-order valence-corrected chi connectivity index (χ2v) is 8.59. The maximum absolute atomic E-state index is 12.6. The van der Waals surface area contributed by atoms with E-state index in [1.807, 2.05) is 36.4 Å². The second-order valence-electron chi connectivity index (χ2n) is 6.68. The predicted molar refractivity (Wildman–Crippen MR) is 110 cm³/mol. The van der Waals surface area contributed by atoms with Gasteiger partial charge in [-0.15, -0.1) is 0 Å². The van der Waals surface area contributed by atoms with E-state index in [1.165, 1.54) is 10.6 Å². The molecule has 0 bridgehead atoms. The van der Waals surface area contributed by atoms with Gasteiger partial charge in [-0.25, -0.2) is 13.4 Å². The Balaban J connectivity index is 1.50. The van der Waals surface area contributed by atoms with Gasteiger partial charge in [-0.3, -0.25) is 9.10 Å². The third-order valence-electron chi connectivity index (χ3n) is 4.71. The quantitative estimate of drug-likeness (QED) is 0.737. The van der Waals surface area contributed by atoms with Gasteiger partial charge in [0.05, 0.1) is 11.9 Å². The van der Waals surface area contributed by atoms with Crippen molar-refractivity contribution in [3.63, 3.8) is 0 Å². The number of carbonyl (C=O) groups excluding carboxylic acids is 1. The van der Waals surface area contributed by atoms with E-state index in [9.17, 15) is 13.2 Å². The van der Waals surface area contributed by atoms with Crippen molar-refractivity contribution >= 4 is 27.4 Å². The van der Waals surface area contributed by atoms with Crippen LogP contribution in [0.4, 0.5) is 11.5 Å². The topological polar surface area (TPSA) is 79.4 Å². The monoisotopic (exact) mass is 393 g/mol. The molecule has 0 aliphatic carbocycles. The van der Waals surface area contributed by atoms with Crippen LogP contribution in [0, 0.1) is 0 Å². The maximum atomic E-state index is 12.6. The summed E-state index contributed by atoms with van der Waals surface area (Å²) in [6.07, 6.45) is 3.50. The van der Waals surface area contributed by atoms with Crippen LogP contribution in [0.3, 0.4) is 0 Å². The molecule has 1 N–H and O–H groups in total. The normalized spacial score (nSPS) is 13.2. The molecule has 0 fully saturated rings. The second kappa shape index (κ2) is 7.09. The zero-order valence-electron chi connectivity index (χ0n) is 15.3. The molecule has 0 unspecified atom stereocenters. The minimum atomic E-state index is -3.30. The predicted octanol–water partition coefficient (Wildman–Crippen LogP) is 3.32. The van der Waals surface area contributed by atoms with Gasteiger partial charge in [0, 0.05) is 23.9 Å². The number of nitrogens with zero attached hydrogens (tertiary/aromatic N) is 2. The highest BCUT2D eigenvalue weighted by Crippen LogP contribution is 2.31. The fourth-order valence-corrected chi connectivity index (χ4v) is 4.27. The van der Waals surface area contributed by atoms with Crippen molar-refractivity contribution in [1.82, 2.24) is 4.98 Å². The fraction of sp³-hybridized carbons (Fsp3) is 0.143. The van der Waals surface area contributed by atoms with Crippen molar-refractivity contribution in [1.29, 1.82) is 0 Å². The highest BCUT2D eigenvalue weighted by Gasteiger charge is 2.26. The smallest absolute Gasteiger partial charge is 0.256 e. The fourth-order valence-electron chi connectivity index (χ4n) is 3.31. The van der Waals surface area contributed by atoms with Crippen LogP contribution in [0.15, 0.2) is 66.9 Å². The lowest BCUT2D eigenvalue weighted by molar-refractivity contribution is 0.102. The summed E-state index contributed by atoms with van der Waals surface area (Å²) in [7, 11) is -3.30. The Morgan fingerprint density at radius 2 is 1.82 bits per heavy atom. The largest absolute Gasteiger partial charge is 0.307 e. The number of benzene rings is 2. The number of nitrogens with one attached hydrogen (secondary N) is 1. The zero-order chi connectivity index (χ0) is 19.7. The Morgan fingerprint density at radius 1 is 1.04 bits per heavy atom. The Kier molecular flexibility index (Phi) is 4.60. The molecule has 0 saturated carbocycles. The van der Waals surface area contributed by atoms with Crippen LogP contribution >= 0.6 is 0 Å². The standard InChI is InChI=1S/C21H19N3O3S/c1-28(26,27)24-12-11-16-13-17(7-9-19(16)24)21(25)23-20-10-8-18(14-22-20)15-5-3-2-4-6-15/h2-10,13-14H,11-12H2,1H3,(H,22,23,25). The summed E-state index contributed by atoms with van der Waals surface area (Å²) < 4.78 is 25.0. The first-order chi connectivity index (χ1) is 13.4. The lowest BCUT2D eigenvalue weighted by atomic mass is 10.1. The van der Waals surface area contributed by atoms with Crippen molar-refractivity contribution in [2.24, 2.45) is 0 Å². The molecular weight excluding hydrogens is 374 g/mol. The molecule has 2 aromatic carbocycles. The SMILES string of the molecule is CS(=O)(=O)N1CCc2cc(C(=O)Nc3ccc(-c4ccccc4)cn3)ccc21. The molecular formula is C21H19N3O3S. The van der Waals surface area contributed by atoms with E-state index in [0.717, 1.165) is 16.7 Å². The number of rotatable bonds is 4. The third-order valence-corrected chi connectivity index (χ3v) is 5.89. The van der Waals surface area contributed by atoms with Gasteiger partial charge in [0.25, 0.3) is 5.91 Å². The summed E-state index contributed by atoms with van der Waals surface area (Å²) in [5.74, 6) is 0.184. The Bertz CT molecular complexity index is 1130. The molecule has 142 valence electrons. The number of hydrogen-bond acceptors (Lipinski definition) is 4. The van der Waals surface area contributed by atoms with Gasteiger partial charge in [-0.2, -0.15) is 0 Å². The Hall–Kier alpha value is -3.19. The van der Waals surface area contributed by atoms with Crippen molar-refractivity contribution in [3.05, 3.63) is 78.0 Å². The van der Waals surface area contributed by atoms with E-state index in [2.05, 4.69) is 10.3 Å². The average Bonchev–Trinajstić information content (AvgIpc) is 3.13. The van der Waals surface area contributed by atoms with Gasteiger partial charge >= 0.3 is 0 Å². The summed E-state index contributed by atoms with van der Waals surface area (Å²) >= 11 is 0. The number of aromatic nitrogens is 1. The number of sulfonamides is 1. The van der Waals surface area contributed by atoms with E-state index in [0.29, 0.717) is 30.0 Å². The van der Waals surface area contributed by atoms with E-state index in [1.54, 1.807) is 30.5 Å². The number of amides is 1. The van der Waals surface area contributed by atoms with Gasteiger partial charge in [0.1, 0.15) is 5.82 Å². The van der Waals surface area contributed by atoms with E-state index >= 15 is 0 Å². The highest BCUT2D eigenvalue weighted by atomic mass is 32.2. The van der Waals surface area contributed by atoms with Crippen LogP contribution in [0.2, 0.25) is 0 Å². The number of hydrogen-bond donors (Lipinski definition) is 1. The molecule has 0 radical (unpaired) electrons. The van der Waals surface area contributed by atoms with Gasteiger partial charge < -0.3 is 5.32 Å². The molecule has 3 aromatic rings. The van der Waals surface area contributed by atoms with Gasteiger partial charge in [-0.05, 0) is 47.9 Å². The summed E-state index contributed by atoms with van der Waals surface area (Å²) in [4.78, 5) is 16.9. The van der Waals surface area contributed by atoms with Crippen LogP contribution in [0.25, 0.3) is 11.1 Å². The summed E-state index contributed by atoms with van der Waals surface area (Å²) in [5.41, 5.74) is 4.00. The zero-order valence-corrected chi connectivity index (χ0v) is 16.1. The molecule has 28 heavy (non-hydrogen) atoms. The van der Waals surface area contributed by atoms with Gasteiger partial charge in [0.2, 0.25) is 10.0 Å². The van der Waals surface area contributed by atoms with Crippen molar-refractivity contribution in [2.45, 2.75) is 6.42 Å². The number of fused-ring (bicyclic) bond motifs is 1. The number of anilines is 2. The van der Waals surface area contributed by atoms with Crippen LogP contribution < -0.4 is 9.62 Å². The average molecular weight is 393 g/mol. The molecule has 1 amide bonds. The first kappa shape index (κ1) is 18.2. The molecule has 0 atom stereocenters. The molecule has 6 nitrogen and oxygen atoms in total. The van der Waals surface area contributed by atoms with E-state index < -0.39 is 10.0 Å². The molecule has 0 saturated heterocycles. The van der Waals surface area contributed by atoms with Crippen molar-refractivity contribution in [2.75, 3.05) is 22.4 Å². The third kappa shape index (κ3) is 3.61. The molecule has 0 spiro atoms. The molecule has 1 aromatic heterocycles. The van der Waals surface area contributed by atoms with E-state index in [-0.39, 0.29) is 5.91 Å². The van der Waals surface area contributed by atoms with Crippen LogP contribution in [0.1, 0.15) is 15.9 Å². The molecule has 4 rings (SSSR count). The van der Waals surface area contributed by atoms with Crippen LogP contribution in [-0.2, 0) is 16.4 Å². The molecule has 7 heteroatoms. The van der Waals surface area contributed by atoms with Crippen LogP contribution in [0.5, 0.6) is 0 Å². The first-order valence-corrected chi connectivity index (χ1v) is 10.7. The molecule has 1 aliphatic heterocycles. The Labute approximate surface area is 163 Å². The van der Waals surface area contributed by atoms with Crippen molar-refractivity contribution in [3.8, 4) is 11.1 Å². The number of pyridine rings is 1. The first-order valence-electron chi connectivity index (χ1n) is 8.85. The maximum Gasteiger partial charge on any atom is 0.256 e. The van der Waals surface area contributed by atoms with Gasteiger partial charge in [0.15, 0.2) is 0 Å². The lowest BCUT2D eigenvalue weighted by Crippen LogP contribution is -2.27. The van der Waals surface area contributed by atoms with E-state index in [4.69, 9.17) is 0 Å². The molecule has 1 aliphatic rings. The Morgan fingerprint density at radius 3 is 2.50 bits per heavy atom. The highest BCUT2D eigenvalue weighted by molar-refractivity contribution is 7.92. The summed E-state index contributed by atoms with van der Waals surface area (Å²) in [6.45, 7) is 0.405. The molecule has 2 heterocycles. The van der Waals surface area contributed by atoms with Gasteiger partial charge in [-0.1, -0.05) is 30.3 Å². The summed E-state index contributed by atoms with van der Waals surface area (Å²) in [6, 6.07) is 18.6. The number of carbonyl (C=O) groups is 1. The minimum absolute atomic E-state index is 0.277. The van der Waals surface area contributed by atoms with Crippen LogP contribution in [-0.4, -0.2) is 32.1 Å². The van der Waals surface area contributed by atoms with Crippen molar-refractivity contribution < 1.29 is 13.2 Å².